The Morgan fingerprint density at radius 2 is 1.52 bits per heavy atom. The van der Waals surface area contributed by atoms with Gasteiger partial charge < -0.3 is 14.2 Å². The van der Waals surface area contributed by atoms with Gasteiger partial charge in [0.25, 0.3) is 0 Å². The maximum atomic E-state index is 12.6. The third-order valence-corrected chi connectivity index (χ3v) is 3.68. The number of hydrogen-bond acceptors (Lipinski definition) is 4. The van der Waals surface area contributed by atoms with Crippen molar-refractivity contribution in [1.29, 1.82) is 0 Å². The van der Waals surface area contributed by atoms with Gasteiger partial charge in [0.05, 0.1) is 21.3 Å². The number of hydrogen-bond donors (Lipinski definition) is 0. The van der Waals surface area contributed by atoms with E-state index in [2.05, 4.69) is 22.6 Å². The van der Waals surface area contributed by atoms with Crippen LogP contribution in [0.25, 0.3) is 0 Å². The summed E-state index contributed by atoms with van der Waals surface area (Å²) in [6.45, 7) is 0. The molecule has 2 rings (SSSR count). The number of ether oxygens (including phenoxy) is 3. The molecule has 0 bridgehead atoms. The van der Waals surface area contributed by atoms with Crippen LogP contribution in [0.3, 0.4) is 0 Å². The highest BCUT2D eigenvalue weighted by molar-refractivity contribution is 14.1. The Balaban J connectivity index is 2.51. The van der Waals surface area contributed by atoms with Crippen LogP contribution in [-0.4, -0.2) is 27.1 Å². The van der Waals surface area contributed by atoms with Gasteiger partial charge in [-0.25, -0.2) is 0 Å². The van der Waals surface area contributed by atoms with Crippen LogP contribution in [0.1, 0.15) is 15.9 Å². The summed E-state index contributed by atoms with van der Waals surface area (Å²) < 4.78 is 16.8. The summed E-state index contributed by atoms with van der Waals surface area (Å²) in [5, 5.41) is 0. The van der Waals surface area contributed by atoms with Gasteiger partial charge in [0.1, 0.15) is 0 Å². The second-order valence-electron chi connectivity index (χ2n) is 4.25. The first-order valence-electron chi connectivity index (χ1n) is 6.21. The molecule has 0 saturated carbocycles. The lowest BCUT2D eigenvalue weighted by molar-refractivity contribution is 0.103. The molecular weight excluding hydrogens is 383 g/mol. The van der Waals surface area contributed by atoms with Gasteiger partial charge in [-0.3, -0.25) is 4.79 Å². The molecule has 0 aliphatic heterocycles. The highest BCUT2D eigenvalue weighted by atomic mass is 127. The van der Waals surface area contributed by atoms with Gasteiger partial charge in [-0.2, -0.15) is 0 Å². The predicted octanol–water partition coefficient (Wildman–Crippen LogP) is 3.55. The number of methoxy groups -OCH3 is 3. The van der Waals surface area contributed by atoms with E-state index >= 15 is 0 Å². The molecule has 0 heterocycles. The summed E-state index contributed by atoms with van der Waals surface area (Å²) in [7, 11) is 4.58. The molecule has 21 heavy (non-hydrogen) atoms. The molecule has 0 aromatic heterocycles. The van der Waals surface area contributed by atoms with Gasteiger partial charge in [-0.05, 0) is 46.9 Å². The van der Waals surface area contributed by atoms with E-state index in [9.17, 15) is 4.79 Å². The standard InChI is InChI=1S/C16H15IO4/c1-19-13-8-11(9-14(20-2)16(13)21-3)15(18)10-5-4-6-12(17)7-10/h4-9H,1-3H3. The molecule has 4 nitrogen and oxygen atoms in total. The van der Waals surface area contributed by atoms with Crippen molar-refractivity contribution in [3.05, 3.63) is 51.1 Å². The number of carbonyl (C=O) groups is 1. The maximum absolute atomic E-state index is 12.6. The number of rotatable bonds is 5. The molecule has 5 heteroatoms. The number of halogens is 1. The highest BCUT2D eigenvalue weighted by Gasteiger charge is 2.18. The normalized spacial score (nSPS) is 10.1. The van der Waals surface area contributed by atoms with Crippen molar-refractivity contribution in [3.8, 4) is 17.2 Å². The van der Waals surface area contributed by atoms with E-state index in [0.717, 1.165) is 3.57 Å². The second kappa shape index (κ2) is 6.80. The minimum absolute atomic E-state index is 0.0900. The lowest BCUT2D eigenvalue weighted by Gasteiger charge is -2.13. The van der Waals surface area contributed by atoms with E-state index in [0.29, 0.717) is 28.4 Å². The van der Waals surface area contributed by atoms with Crippen molar-refractivity contribution in [2.75, 3.05) is 21.3 Å². The fourth-order valence-electron chi connectivity index (χ4n) is 2.01. The Kier molecular flexibility index (Phi) is 5.06. The summed E-state index contributed by atoms with van der Waals surface area (Å²) in [6.07, 6.45) is 0. The molecular formula is C16H15IO4. The third-order valence-electron chi connectivity index (χ3n) is 3.01. The van der Waals surface area contributed by atoms with Crippen LogP contribution >= 0.6 is 22.6 Å². The maximum Gasteiger partial charge on any atom is 0.203 e. The summed E-state index contributed by atoms with van der Waals surface area (Å²) in [4.78, 5) is 12.6. The van der Waals surface area contributed by atoms with Crippen LogP contribution < -0.4 is 14.2 Å². The van der Waals surface area contributed by atoms with Crippen molar-refractivity contribution in [1.82, 2.24) is 0 Å². The largest absolute Gasteiger partial charge is 0.493 e. The first-order chi connectivity index (χ1) is 10.1. The van der Waals surface area contributed by atoms with Crippen LogP contribution in [0.5, 0.6) is 17.2 Å². The molecule has 0 radical (unpaired) electrons. The zero-order valence-electron chi connectivity index (χ0n) is 12.0. The van der Waals surface area contributed by atoms with Gasteiger partial charge in [0, 0.05) is 14.7 Å². The van der Waals surface area contributed by atoms with E-state index < -0.39 is 0 Å². The Morgan fingerprint density at radius 3 is 2.00 bits per heavy atom. The molecule has 110 valence electrons. The van der Waals surface area contributed by atoms with E-state index in [1.807, 2.05) is 18.2 Å². The lowest BCUT2D eigenvalue weighted by atomic mass is 10.0. The fraction of sp³-hybridized carbons (Fsp3) is 0.188. The molecule has 0 fully saturated rings. The molecule has 0 spiro atoms. The monoisotopic (exact) mass is 398 g/mol. The molecule has 0 amide bonds. The van der Waals surface area contributed by atoms with E-state index in [1.54, 1.807) is 18.2 Å². The van der Waals surface area contributed by atoms with Crippen molar-refractivity contribution in [2.24, 2.45) is 0 Å². The van der Waals surface area contributed by atoms with Gasteiger partial charge >= 0.3 is 0 Å². The first kappa shape index (κ1) is 15.6. The zero-order chi connectivity index (χ0) is 15.4. The SMILES string of the molecule is COc1cc(C(=O)c2cccc(I)c2)cc(OC)c1OC. The van der Waals surface area contributed by atoms with E-state index in [1.165, 1.54) is 21.3 Å². The minimum Gasteiger partial charge on any atom is -0.493 e. The van der Waals surface area contributed by atoms with Crippen molar-refractivity contribution < 1.29 is 19.0 Å². The summed E-state index contributed by atoms with van der Waals surface area (Å²) in [5.74, 6) is 1.31. The predicted molar refractivity (Wildman–Crippen MR) is 88.7 cm³/mol. The molecule has 0 N–H and O–H groups in total. The Bertz CT molecular complexity index is 642. The van der Waals surface area contributed by atoms with Gasteiger partial charge in [0.15, 0.2) is 17.3 Å². The molecule has 2 aromatic rings. The smallest absolute Gasteiger partial charge is 0.203 e. The minimum atomic E-state index is -0.0900. The van der Waals surface area contributed by atoms with Crippen LogP contribution in [0.2, 0.25) is 0 Å². The van der Waals surface area contributed by atoms with Crippen molar-refractivity contribution in [3.63, 3.8) is 0 Å². The number of carbonyl (C=O) groups excluding carboxylic acids is 1. The average Bonchev–Trinajstić information content (AvgIpc) is 2.52. The molecule has 0 unspecified atom stereocenters. The van der Waals surface area contributed by atoms with Crippen LogP contribution in [0.4, 0.5) is 0 Å². The molecule has 2 aromatic carbocycles. The fourth-order valence-corrected chi connectivity index (χ4v) is 2.55. The van der Waals surface area contributed by atoms with E-state index in [-0.39, 0.29) is 5.78 Å². The first-order valence-corrected chi connectivity index (χ1v) is 7.29. The lowest BCUT2D eigenvalue weighted by Crippen LogP contribution is -2.04. The Morgan fingerprint density at radius 1 is 0.905 bits per heavy atom. The Labute approximate surface area is 137 Å². The number of ketones is 1. The summed E-state index contributed by atoms with van der Waals surface area (Å²) in [6, 6.07) is 10.7. The van der Waals surface area contributed by atoms with Gasteiger partial charge in [-0.1, -0.05) is 12.1 Å². The second-order valence-corrected chi connectivity index (χ2v) is 5.50. The quantitative estimate of drug-likeness (QED) is 0.571. The molecule has 0 aliphatic carbocycles. The molecule has 0 saturated heterocycles. The van der Waals surface area contributed by atoms with Crippen molar-refractivity contribution in [2.45, 2.75) is 0 Å². The van der Waals surface area contributed by atoms with Crippen LogP contribution in [-0.2, 0) is 0 Å². The number of benzene rings is 2. The Hall–Kier alpha value is -1.76. The topological polar surface area (TPSA) is 44.8 Å². The van der Waals surface area contributed by atoms with Gasteiger partial charge in [-0.15, -0.1) is 0 Å². The highest BCUT2D eigenvalue weighted by Crippen LogP contribution is 2.38. The zero-order valence-corrected chi connectivity index (χ0v) is 14.1. The van der Waals surface area contributed by atoms with Gasteiger partial charge in [0.2, 0.25) is 5.75 Å². The van der Waals surface area contributed by atoms with Crippen LogP contribution in [0, 0.1) is 3.57 Å². The average molecular weight is 398 g/mol. The summed E-state index contributed by atoms with van der Waals surface area (Å²) >= 11 is 2.18. The summed E-state index contributed by atoms with van der Waals surface area (Å²) in [5.41, 5.74) is 1.11. The molecule has 0 atom stereocenters. The van der Waals surface area contributed by atoms with Crippen LogP contribution in [0.15, 0.2) is 36.4 Å². The van der Waals surface area contributed by atoms with E-state index in [4.69, 9.17) is 14.2 Å². The third kappa shape index (κ3) is 3.29. The van der Waals surface area contributed by atoms with Crippen molar-refractivity contribution >= 4 is 28.4 Å². The molecule has 0 aliphatic rings.